The maximum atomic E-state index is 11.7. The topological polar surface area (TPSA) is 54.9 Å². The van der Waals surface area contributed by atoms with Crippen molar-refractivity contribution in [1.82, 2.24) is 14.9 Å². The van der Waals surface area contributed by atoms with Crippen LogP contribution in [-0.2, 0) is 0 Å². The van der Waals surface area contributed by atoms with Crippen molar-refractivity contribution >= 4 is 17.4 Å². The van der Waals surface area contributed by atoms with Crippen molar-refractivity contribution in [2.24, 2.45) is 0 Å². The van der Waals surface area contributed by atoms with Gasteiger partial charge in [0, 0.05) is 0 Å². The third-order valence-corrected chi connectivity index (χ3v) is 2.13. The number of halogens is 3. The molecule has 0 aliphatic rings. The molecular formula is C6H6F3N3OS. The normalized spacial score (nSPS) is 11.4. The Bertz CT molecular complexity index is 335. The zero-order valence-corrected chi connectivity index (χ0v) is 7.87. The summed E-state index contributed by atoms with van der Waals surface area (Å²) in [6.07, 6.45) is -4.40. The fourth-order valence-electron chi connectivity index (χ4n) is 0.700. The van der Waals surface area contributed by atoms with E-state index in [1.54, 1.807) is 5.32 Å². The maximum Gasteiger partial charge on any atom is 0.405 e. The highest BCUT2D eigenvalue weighted by atomic mass is 32.1. The van der Waals surface area contributed by atoms with Gasteiger partial charge in [0.25, 0.3) is 5.91 Å². The molecule has 0 aromatic carbocycles. The van der Waals surface area contributed by atoms with Crippen LogP contribution >= 0.6 is 11.5 Å². The minimum absolute atomic E-state index is 0.106. The number of nitrogens with one attached hydrogen (secondary N) is 1. The summed E-state index contributed by atoms with van der Waals surface area (Å²) in [5.41, 5.74) is 0.328. The molecule has 0 saturated heterocycles. The molecule has 14 heavy (non-hydrogen) atoms. The molecule has 1 N–H and O–H groups in total. The Morgan fingerprint density at radius 2 is 2.21 bits per heavy atom. The summed E-state index contributed by atoms with van der Waals surface area (Å²) in [7, 11) is 0. The number of alkyl halides is 3. The van der Waals surface area contributed by atoms with E-state index in [2.05, 4.69) is 9.59 Å². The number of nitrogens with zero attached hydrogens (tertiary/aromatic N) is 2. The van der Waals surface area contributed by atoms with E-state index in [1.807, 2.05) is 0 Å². The molecule has 1 aromatic rings. The van der Waals surface area contributed by atoms with Crippen LogP contribution in [0.1, 0.15) is 15.4 Å². The van der Waals surface area contributed by atoms with E-state index in [4.69, 9.17) is 0 Å². The highest BCUT2D eigenvalue weighted by Gasteiger charge is 2.28. The monoisotopic (exact) mass is 225 g/mol. The van der Waals surface area contributed by atoms with Gasteiger partial charge >= 0.3 is 6.18 Å². The highest BCUT2D eigenvalue weighted by molar-refractivity contribution is 7.07. The molecule has 0 saturated carbocycles. The van der Waals surface area contributed by atoms with Crippen molar-refractivity contribution in [1.29, 1.82) is 0 Å². The predicted octanol–water partition coefficient (Wildman–Crippen LogP) is 1.14. The molecule has 0 unspecified atom stereocenters. The molecule has 0 fully saturated rings. The van der Waals surface area contributed by atoms with E-state index >= 15 is 0 Å². The first-order chi connectivity index (χ1) is 6.40. The molecule has 4 nitrogen and oxygen atoms in total. The number of amides is 1. The first-order valence-electron chi connectivity index (χ1n) is 3.54. The van der Waals surface area contributed by atoms with Gasteiger partial charge in [-0.1, -0.05) is 4.49 Å². The van der Waals surface area contributed by atoms with E-state index in [0.717, 1.165) is 11.5 Å². The Balaban J connectivity index is 2.56. The van der Waals surface area contributed by atoms with Crippen LogP contribution in [0.3, 0.4) is 0 Å². The van der Waals surface area contributed by atoms with Crippen LogP contribution in [0, 0.1) is 6.92 Å². The van der Waals surface area contributed by atoms with E-state index in [9.17, 15) is 18.0 Å². The third kappa shape index (κ3) is 2.95. The molecule has 8 heteroatoms. The predicted molar refractivity (Wildman–Crippen MR) is 43.0 cm³/mol. The van der Waals surface area contributed by atoms with Crippen LogP contribution in [-0.4, -0.2) is 28.2 Å². The summed E-state index contributed by atoms with van der Waals surface area (Å²) in [6, 6.07) is 0. The van der Waals surface area contributed by atoms with Gasteiger partial charge in [0.15, 0.2) is 0 Å². The fraction of sp³-hybridized carbons (Fsp3) is 0.500. The Labute approximate surface area is 81.3 Å². The number of carbonyl (C=O) groups excluding carboxylic acids is 1. The summed E-state index contributed by atoms with van der Waals surface area (Å²) < 4.78 is 38.6. The summed E-state index contributed by atoms with van der Waals surface area (Å²) in [4.78, 5) is 11.2. The zero-order chi connectivity index (χ0) is 10.8. The Morgan fingerprint density at radius 1 is 1.57 bits per heavy atom. The number of aryl methyl sites for hydroxylation is 1. The lowest BCUT2D eigenvalue weighted by Crippen LogP contribution is -2.33. The molecule has 0 aliphatic carbocycles. The van der Waals surface area contributed by atoms with Gasteiger partial charge < -0.3 is 5.32 Å². The van der Waals surface area contributed by atoms with E-state index in [1.165, 1.54) is 6.92 Å². The lowest BCUT2D eigenvalue weighted by atomic mass is 10.4. The number of hydrogen-bond donors (Lipinski definition) is 1. The van der Waals surface area contributed by atoms with Crippen LogP contribution in [0.2, 0.25) is 0 Å². The van der Waals surface area contributed by atoms with Crippen LogP contribution < -0.4 is 5.32 Å². The van der Waals surface area contributed by atoms with Crippen LogP contribution in [0.5, 0.6) is 0 Å². The highest BCUT2D eigenvalue weighted by Crippen LogP contribution is 2.14. The van der Waals surface area contributed by atoms with E-state index in [-0.39, 0.29) is 4.88 Å². The van der Waals surface area contributed by atoms with Crippen LogP contribution in [0.15, 0.2) is 0 Å². The van der Waals surface area contributed by atoms with Crippen LogP contribution in [0.25, 0.3) is 0 Å². The van der Waals surface area contributed by atoms with Crippen molar-refractivity contribution in [2.75, 3.05) is 6.54 Å². The number of hydrogen-bond acceptors (Lipinski definition) is 4. The molecule has 1 aromatic heterocycles. The van der Waals surface area contributed by atoms with Gasteiger partial charge in [0.2, 0.25) is 0 Å². The molecule has 0 radical (unpaired) electrons. The average Bonchev–Trinajstić information content (AvgIpc) is 2.46. The molecule has 1 heterocycles. The van der Waals surface area contributed by atoms with Gasteiger partial charge in [-0.05, 0) is 18.5 Å². The summed E-state index contributed by atoms with van der Waals surface area (Å²) in [5.74, 6) is -0.796. The van der Waals surface area contributed by atoms with Gasteiger partial charge in [-0.2, -0.15) is 13.2 Å². The first kappa shape index (κ1) is 10.9. The number of aromatic nitrogens is 2. The molecule has 0 spiro atoms. The maximum absolute atomic E-state index is 11.7. The van der Waals surface area contributed by atoms with Crippen LogP contribution in [0.4, 0.5) is 13.2 Å². The third-order valence-electron chi connectivity index (χ3n) is 1.31. The zero-order valence-electron chi connectivity index (χ0n) is 7.05. The molecule has 0 atom stereocenters. The number of carbonyl (C=O) groups is 1. The van der Waals surface area contributed by atoms with Crippen molar-refractivity contribution in [3.8, 4) is 0 Å². The molecule has 1 rings (SSSR count). The second-order valence-corrected chi connectivity index (χ2v) is 3.24. The Hall–Kier alpha value is -1.18. The van der Waals surface area contributed by atoms with Crippen molar-refractivity contribution in [3.05, 3.63) is 10.6 Å². The Morgan fingerprint density at radius 3 is 2.64 bits per heavy atom. The quantitative estimate of drug-likeness (QED) is 0.821. The van der Waals surface area contributed by atoms with Gasteiger partial charge in [-0.25, -0.2) is 0 Å². The largest absolute Gasteiger partial charge is 0.405 e. The van der Waals surface area contributed by atoms with E-state index in [0.29, 0.717) is 5.69 Å². The van der Waals surface area contributed by atoms with Gasteiger partial charge in [0.05, 0.1) is 5.69 Å². The smallest absolute Gasteiger partial charge is 0.342 e. The van der Waals surface area contributed by atoms with Crippen molar-refractivity contribution < 1.29 is 18.0 Å². The van der Waals surface area contributed by atoms with Gasteiger partial charge in [-0.15, -0.1) is 5.10 Å². The lowest BCUT2D eigenvalue weighted by molar-refractivity contribution is -0.123. The SMILES string of the molecule is Cc1nnsc1C(=O)NCC(F)(F)F. The van der Waals surface area contributed by atoms with Gasteiger partial charge in [-0.3, -0.25) is 4.79 Å². The minimum atomic E-state index is -4.40. The lowest BCUT2D eigenvalue weighted by Gasteiger charge is -2.06. The first-order valence-corrected chi connectivity index (χ1v) is 4.31. The average molecular weight is 225 g/mol. The molecule has 0 bridgehead atoms. The second kappa shape index (κ2) is 3.91. The number of rotatable bonds is 2. The molecule has 0 aliphatic heterocycles. The summed E-state index contributed by atoms with van der Waals surface area (Å²) >= 11 is 0.768. The standard InChI is InChI=1S/C6H6F3N3OS/c1-3-4(14-12-11-3)5(13)10-2-6(7,8)9/h2H2,1H3,(H,10,13). The summed E-state index contributed by atoms with van der Waals surface area (Å²) in [5, 5.41) is 5.24. The Kier molecular flexibility index (Phi) is 3.04. The minimum Gasteiger partial charge on any atom is -0.342 e. The molecule has 1 amide bonds. The fourth-order valence-corrected chi connectivity index (χ4v) is 1.27. The molecular weight excluding hydrogens is 219 g/mol. The van der Waals surface area contributed by atoms with Crippen molar-refractivity contribution in [3.63, 3.8) is 0 Å². The summed E-state index contributed by atoms with van der Waals surface area (Å²) in [6.45, 7) is 0.162. The molecule has 78 valence electrons. The van der Waals surface area contributed by atoms with Gasteiger partial charge in [0.1, 0.15) is 11.4 Å². The van der Waals surface area contributed by atoms with Crippen molar-refractivity contribution in [2.45, 2.75) is 13.1 Å². The second-order valence-electron chi connectivity index (χ2n) is 2.49. The van der Waals surface area contributed by atoms with E-state index < -0.39 is 18.6 Å².